The van der Waals surface area contributed by atoms with Crippen LogP contribution in [0.4, 0.5) is 11.7 Å². The van der Waals surface area contributed by atoms with E-state index >= 15 is 0 Å². The number of anilines is 1. The highest BCUT2D eigenvalue weighted by Crippen LogP contribution is 2.29. The second kappa shape index (κ2) is 6.63. The van der Waals surface area contributed by atoms with E-state index in [1.165, 1.54) is 19.3 Å². The Labute approximate surface area is 151 Å². The van der Waals surface area contributed by atoms with Gasteiger partial charge in [-0.2, -0.15) is 4.98 Å². The lowest BCUT2D eigenvalue weighted by Gasteiger charge is -2.33. The normalized spacial score (nSPS) is 14.7. The van der Waals surface area contributed by atoms with E-state index in [-0.39, 0.29) is 6.01 Å². The van der Waals surface area contributed by atoms with Crippen LogP contribution >= 0.6 is 0 Å². The van der Waals surface area contributed by atoms with Crippen molar-refractivity contribution in [3.05, 3.63) is 42.0 Å². The minimum absolute atomic E-state index is 0.144. The molecule has 1 aliphatic rings. The van der Waals surface area contributed by atoms with Crippen LogP contribution < -0.4 is 5.73 Å². The first-order valence-corrected chi connectivity index (χ1v) is 8.66. The molecule has 0 amide bonds. The molecule has 0 bridgehead atoms. The Kier molecular flexibility index (Phi) is 4.16. The fraction of sp³-hybridized carbons (Fsp3) is 0.250. The molecule has 26 heavy (non-hydrogen) atoms. The average Bonchev–Trinajstić information content (AvgIpc) is 2.97. The zero-order chi connectivity index (χ0) is 18.1. The molecule has 1 aromatic heterocycles. The quantitative estimate of drug-likeness (QED) is 0.427. The van der Waals surface area contributed by atoms with Gasteiger partial charge in [-0.1, -0.05) is 12.1 Å². The van der Waals surface area contributed by atoms with E-state index in [0.29, 0.717) is 28.4 Å². The number of carbonyl (C=O) groups is 1. The van der Waals surface area contributed by atoms with Crippen molar-refractivity contribution >= 4 is 35.4 Å². The molecule has 132 valence electrons. The van der Waals surface area contributed by atoms with Gasteiger partial charge in [0.15, 0.2) is 11.9 Å². The van der Waals surface area contributed by atoms with Gasteiger partial charge in [0, 0.05) is 18.7 Å². The van der Waals surface area contributed by atoms with Crippen LogP contribution in [0.5, 0.6) is 0 Å². The number of hydrogen-bond donors (Lipinski definition) is 1. The minimum atomic E-state index is 0.144. The van der Waals surface area contributed by atoms with E-state index in [4.69, 9.17) is 10.2 Å². The number of aldehydes is 1. The van der Waals surface area contributed by atoms with Gasteiger partial charge in [-0.3, -0.25) is 4.79 Å². The third kappa shape index (κ3) is 3.06. The van der Waals surface area contributed by atoms with Crippen molar-refractivity contribution in [1.29, 1.82) is 0 Å². The molecule has 3 aromatic rings. The first-order valence-electron chi connectivity index (χ1n) is 8.66. The van der Waals surface area contributed by atoms with Crippen LogP contribution in [0.2, 0.25) is 0 Å². The predicted octanol–water partition coefficient (Wildman–Crippen LogP) is 4.03. The first-order chi connectivity index (χ1) is 12.6. The molecule has 1 saturated carbocycles. The number of oxazole rings is 1. The SMILES string of the molecule is CN(C=Nc1ccc(-c2ccc3oc(N)nc3c2)cc1C=O)C1CCC1. The van der Waals surface area contributed by atoms with Crippen LogP contribution in [0, 0.1) is 0 Å². The number of aromatic nitrogens is 1. The van der Waals surface area contributed by atoms with Crippen LogP contribution in [-0.2, 0) is 0 Å². The summed E-state index contributed by atoms with van der Waals surface area (Å²) in [6.45, 7) is 0. The second-order valence-electron chi connectivity index (χ2n) is 6.62. The van der Waals surface area contributed by atoms with Crippen molar-refractivity contribution in [2.45, 2.75) is 25.3 Å². The van der Waals surface area contributed by atoms with Crippen LogP contribution in [0.1, 0.15) is 29.6 Å². The van der Waals surface area contributed by atoms with Crippen molar-refractivity contribution in [2.24, 2.45) is 4.99 Å². The molecule has 0 unspecified atom stereocenters. The molecule has 6 nitrogen and oxygen atoms in total. The molecule has 2 N–H and O–H groups in total. The Bertz CT molecular complexity index is 989. The third-order valence-corrected chi connectivity index (χ3v) is 4.92. The largest absolute Gasteiger partial charge is 0.424 e. The summed E-state index contributed by atoms with van der Waals surface area (Å²) in [6, 6.07) is 12.0. The van der Waals surface area contributed by atoms with Crippen LogP contribution in [0.15, 0.2) is 45.8 Å². The molecule has 1 aliphatic carbocycles. The highest BCUT2D eigenvalue weighted by molar-refractivity contribution is 5.88. The molecular weight excluding hydrogens is 328 g/mol. The van der Waals surface area contributed by atoms with Crippen molar-refractivity contribution in [3.63, 3.8) is 0 Å². The van der Waals surface area contributed by atoms with Gasteiger partial charge >= 0.3 is 0 Å². The molecule has 0 aliphatic heterocycles. The third-order valence-electron chi connectivity index (χ3n) is 4.92. The van der Waals surface area contributed by atoms with E-state index in [2.05, 4.69) is 14.9 Å². The molecule has 2 aromatic carbocycles. The standard InChI is InChI=1S/C20H20N4O2/c1-24(16-3-2-4-16)12-22-17-7-5-13(9-15(17)11-25)14-6-8-19-18(10-14)23-20(21)26-19/h5-12,16H,2-4H2,1H3,(H2,21,23). The van der Waals surface area contributed by atoms with Gasteiger partial charge < -0.3 is 15.1 Å². The van der Waals surface area contributed by atoms with E-state index in [1.54, 1.807) is 0 Å². The molecule has 1 heterocycles. The zero-order valence-electron chi connectivity index (χ0n) is 14.6. The number of nitrogens with zero attached hydrogens (tertiary/aromatic N) is 3. The van der Waals surface area contributed by atoms with E-state index in [0.717, 1.165) is 17.4 Å². The van der Waals surface area contributed by atoms with Gasteiger partial charge in [0.25, 0.3) is 6.01 Å². The molecular formula is C20H20N4O2. The number of nitrogen functional groups attached to an aromatic ring is 1. The lowest BCUT2D eigenvalue weighted by atomic mass is 9.92. The summed E-state index contributed by atoms with van der Waals surface area (Å²) >= 11 is 0. The highest BCUT2D eigenvalue weighted by Gasteiger charge is 2.20. The lowest BCUT2D eigenvalue weighted by Crippen LogP contribution is -2.35. The number of rotatable bonds is 5. The molecule has 1 fully saturated rings. The van der Waals surface area contributed by atoms with Crippen molar-refractivity contribution in [3.8, 4) is 11.1 Å². The van der Waals surface area contributed by atoms with Gasteiger partial charge in [-0.05, 0) is 54.7 Å². The Hall–Kier alpha value is -3.15. The monoisotopic (exact) mass is 348 g/mol. The van der Waals surface area contributed by atoms with Crippen molar-refractivity contribution < 1.29 is 9.21 Å². The number of nitrogens with two attached hydrogens (primary N) is 1. The van der Waals surface area contributed by atoms with Crippen LogP contribution in [0.3, 0.4) is 0 Å². The summed E-state index contributed by atoms with van der Waals surface area (Å²) in [6.07, 6.45) is 6.34. The number of aliphatic imine (C=N–C) groups is 1. The van der Waals surface area contributed by atoms with Gasteiger partial charge in [0.1, 0.15) is 5.52 Å². The molecule has 0 spiro atoms. The summed E-state index contributed by atoms with van der Waals surface area (Å²) in [7, 11) is 2.03. The number of hydrogen-bond acceptors (Lipinski definition) is 5. The van der Waals surface area contributed by atoms with E-state index in [1.807, 2.05) is 49.8 Å². The summed E-state index contributed by atoms with van der Waals surface area (Å²) in [5, 5.41) is 0. The minimum Gasteiger partial charge on any atom is -0.424 e. The number of benzene rings is 2. The van der Waals surface area contributed by atoms with Gasteiger partial charge in [0.2, 0.25) is 0 Å². The fourth-order valence-corrected chi connectivity index (χ4v) is 3.11. The summed E-state index contributed by atoms with van der Waals surface area (Å²) in [4.78, 5) is 22.3. The smallest absolute Gasteiger partial charge is 0.292 e. The summed E-state index contributed by atoms with van der Waals surface area (Å²) in [5.74, 6) is 0. The Balaban J connectivity index is 1.63. The van der Waals surface area contributed by atoms with Crippen LogP contribution in [-0.4, -0.2) is 35.6 Å². The first kappa shape index (κ1) is 16.3. The summed E-state index contributed by atoms with van der Waals surface area (Å²) < 4.78 is 5.30. The fourth-order valence-electron chi connectivity index (χ4n) is 3.11. The topological polar surface area (TPSA) is 84.7 Å². The predicted molar refractivity (Wildman–Crippen MR) is 103 cm³/mol. The Morgan fingerprint density at radius 1 is 1.23 bits per heavy atom. The molecule has 0 saturated heterocycles. The van der Waals surface area contributed by atoms with Gasteiger partial charge in [-0.25, -0.2) is 4.99 Å². The maximum atomic E-state index is 11.5. The van der Waals surface area contributed by atoms with Gasteiger partial charge in [0.05, 0.1) is 12.0 Å². The number of carbonyl (C=O) groups excluding carboxylic acids is 1. The van der Waals surface area contributed by atoms with E-state index in [9.17, 15) is 4.79 Å². The Morgan fingerprint density at radius 2 is 2.00 bits per heavy atom. The summed E-state index contributed by atoms with van der Waals surface area (Å²) in [5.41, 5.74) is 10.0. The maximum Gasteiger partial charge on any atom is 0.292 e. The highest BCUT2D eigenvalue weighted by atomic mass is 16.4. The molecule has 0 atom stereocenters. The lowest BCUT2D eigenvalue weighted by molar-refractivity contribution is 0.112. The Morgan fingerprint density at radius 3 is 2.73 bits per heavy atom. The maximum absolute atomic E-state index is 11.5. The zero-order valence-corrected chi connectivity index (χ0v) is 14.6. The van der Waals surface area contributed by atoms with Gasteiger partial charge in [-0.15, -0.1) is 0 Å². The van der Waals surface area contributed by atoms with Crippen LogP contribution in [0.25, 0.3) is 22.2 Å². The molecule has 4 rings (SSSR count). The average molecular weight is 348 g/mol. The molecule has 0 radical (unpaired) electrons. The van der Waals surface area contributed by atoms with Crippen molar-refractivity contribution in [1.82, 2.24) is 9.88 Å². The van der Waals surface area contributed by atoms with E-state index < -0.39 is 0 Å². The number of fused-ring (bicyclic) bond motifs is 1. The molecule has 6 heteroatoms. The second-order valence-corrected chi connectivity index (χ2v) is 6.62. The van der Waals surface area contributed by atoms with Crippen molar-refractivity contribution in [2.75, 3.05) is 12.8 Å².